The summed E-state index contributed by atoms with van der Waals surface area (Å²) < 4.78 is 22.7. The molecule has 15 heavy (non-hydrogen) atoms. The Labute approximate surface area is 90.6 Å². The molecule has 4 nitrogen and oxygen atoms in total. The second-order valence-electron chi connectivity index (χ2n) is 4.44. The van der Waals surface area contributed by atoms with Gasteiger partial charge in [-0.25, -0.2) is 8.42 Å². The van der Waals surface area contributed by atoms with Gasteiger partial charge in [0.1, 0.15) is 0 Å². The minimum absolute atomic E-state index is 0.0463. The molecule has 0 aromatic heterocycles. The molecule has 86 valence electrons. The molecule has 1 aliphatic heterocycles. The molecule has 1 unspecified atom stereocenters. The quantitative estimate of drug-likeness (QED) is 0.713. The smallest absolute Gasteiger partial charge is 0.222 e. The Morgan fingerprint density at radius 2 is 1.93 bits per heavy atom. The molecule has 0 aromatic carbocycles. The van der Waals surface area contributed by atoms with Crippen molar-refractivity contribution in [2.75, 3.05) is 11.5 Å². The summed E-state index contributed by atoms with van der Waals surface area (Å²) in [4.78, 5) is 13.6. The van der Waals surface area contributed by atoms with Gasteiger partial charge in [-0.2, -0.15) is 0 Å². The van der Waals surface area contributed by atoms with E-state index in [0.29, 0.717) is 18.9 Å². The highest BCUT2D eigenvalue weighted by Gasteiger charge is 2.41. The molecule has 1 aliphatic carbocycles. The molecule has 0 aromatic rings. The molecular weight excluding hydrogens is 214 g/mol. The predicted octanol–water partition coefficient (Wildman–Crippen LogP) is 0.575. The molecule has 1 amide bonds. The average Bonchev–Trinajstić information content (AvgIpc) is 2.92. The minimum atomic E-state index is -2.88. The molecule has 0 radical (unpaired) electrons. The zero-order valence-corrected chi connectivity index (χ0v) is 9.79. The van der Waals surface area contributed by atoms with Gasteiger partial charge in [-0.3, -0.25) is 4.79 Å². The van der Waals surface area contributed by atoms with Gasteiger partial charge in [-0.05, 0) is 19.3 Å². The van der Waals surface area contributed by atoms with E-state index >= 15 is 0 Å². The van der Waals surface area contributed by atoms with E-state index in [1.54, 1.807) is 0 Å². The van der Waals surface area contributed by atoms with E-state index in [2.05, 4.69) is 0 Å². The van der Waals surface area contributed by atoms with Crippen LogP contribution in [0.25, 0.3) is 0 Å². The van der Waals surface area contributed by atoms with Crippen molar-refractivity contribution in [2.24, 2.45) is 0 Å². The molecular formula is C10H17NO3S. The first-order valence-electron chi connectivity index (χ1n) is 5.55. The summed E-state index contributed by atoms with van der Waals surface area (Å²) in [5.41, 5.74) is 0. The third kappa shape index (κ3) is 2.33. The van der Waals surface area contributed by atoms with Crippen LogP contribution in [-0.2, 0) is 14.6 Å². The van der Waals surface area contributed by atoms with Gasteiger partial charge < -0.3 is 4.90 Å². The number of carbonyl (C=O) groups excluding carboxylic acids is 1. The van der Waals surface area contributed by atoms with Crippen molar-refractivity contribution in [3.8, 4) is 0 Å². The lowest BCUT2D eigenvalue weighted by molar-refractivity contribution is -0.133. The fraction of sp³-hybridized carbons (Fsp3) is 0.900. The molecule has 2 aliphatic rings. The molecule has 1 saturated heterocycles. The zero-order valence-electron chi connectivity index (χ0n) is 8.98. The number of hydrogen-bond acceptors (Lipinski definition) is 3. The average molecular weight is 231 g/mol. The monoisotopic (exact) mass is 231 g/mol. The number of carbonyl (C=O) groups is 1. The maximum absolute atomic E-state index is 11.7. The molecule has 0 bridgehead atoms. The fourth-order valence-corrected chi connectivity index (χ4v) is 3.95. The summed E-state index contributed by atoms with van der Waals surface area (Å²) in [7, 11) is -2.88. The van der Waals surface area contributed by atoms with Crippen LogP contribution < -0.4 is 0 Å². The normalized spacial score (nSPS) is 29.0. The zero-order chi connectivity index (χ0) is 11.1. The Hall–Kier alpha value is -0.580. The SMILES string of the molecule is CCC(=O)N(C1CC1)C1CCS(=O)(=O)C1. The number of amides is 1. The Kier molecular flexibility index (Phi) is 2.75. The predicted molar refractivity (Wildman–Crippen MR) is 57.2 cm³/mol. The second-order valence-corrected chi connectivity index (χ2v) is 6.67. The van der Waals surface area contributed by atoms with E-state index in [1.807, 2.05) is 11.8 Å². The van der Waals surface area contributed by atoms with Crippen LogP contribution in [0.3, 0.4) is 0 Å². The van der Waals surface area contributed by atoms with Crippen LogP contribution in [-0.4, -0.2) is 42.8 Å². The number of hydrogen-bond donors (Lipinski definition) is 0. The number of rotatable bonds is 3. The highest BCUT2D eigenvalue weighted by atomic mass is 32.2. The van der Waals surface area contributed by atoms with E-state index in [0.717, 1.165) is 12.8 Å². The molecule has 1 saturated carbocycles. The van der Waals surface area contributed by atoms with Crippen molar-refractivity contribution < 1.29 is 13.2 Å². The van der Waals surface area contributed by atoms with Crippen LogP contribution >= 0.6 is 0 Å². The van der Waals surface area contributed by atoms with Crippen molar-refractivity contribution in [1.29, 1.82) is 0 Å². The fourth-order valence-electron chi connectivity index (χ4n) is 2.24. The Morgan fingerprint density at radius 3 is 2.33 bits per heavy atom. The summed E-state index contributed by atoms with van der Waals surface area (Å²) in [6, 6.07) is 0.283. The van der Waals surface area contributed by atoms with Crippen LogP contribution in [0.4, 0.5) is 0 Å². The Morgan fingerprint density at radius 1 is 1.27 bits per heavy atom. The van der Waals surface area contributed by atoms with Gasteiger partial charge in [0.2, 0.25) is 5.91 Å². The first kappa shape index (κ1) is 10.9. The van der Waals surface area contributed by atoms with Gasteiger partial charge in [0.05, 0.1) is 11.5 Å². The van der Waals surface area contributed by atoms with Gasteiger partial charge in [-0.1, -0.05) is 6.92 Å². The lowest BCUT2D eigenvalue weighted by atomic mass is 10.2. The van der Waals surface area contributed by atoms with Crippen molar-refractivity contribution in [1.82, 2.24) is 4.90 Å². The van der Waals surface area contributed by atoms with Crippen LogP contribution in [0.15, 0.2) is 0 Å². The minimum Gasteiger partial charge on any atom is -0.336 e. The summed E-state index contributed by atoms with van der Waals surface area (Å²) >= 11 is 0. The van der Waals surface area contributed by atoms with Gasteiger partial charge in [0.15, 0.2) is 9.84 Å². The highest BCUT2D eigenvalue weighted by Crippen LogP contribution is 2.32. The van der Waals surface area contributed by atoms with Crippen LogP contribution in [0.5, 0.6) is 0 Å². The maximum Gasteiger partial charge on any atom is 0.222 e. The molecule has 1 atom stereocenters. The molecule has 5 heteroatoms. The second kappa shape index (κ2) is 3.77. The summed E-state index contributed by atoms with van der Waals surface area (Å²) in [6.45, 7) is 1.83. The number of sulfone groups is 1. The molecule has 0 N–H and O–H groups in total. The number of nitrogens with zero attached hydrogens (tertiary/aromatic N) is 1. The molecule has 1 heterocycles. The summed E-state index contributed by atoms with van der Waals surface area (Å²) in [5.74, 6) is 0.534. The van der Waals surface area contributed by atoms with Crippen molar-refractivity contribution >= 4 is 15.7 Å². The van der Waals surface area contributed by atoms with E-state index < -0.39 is 9.84 Å². The lowest BCUT2D eigenvalue weighted by Gasteiger charge is -2.27. The summed E-state index contributed by atoms with van der Waals surface area (Å²) in [5, 5.41) is 0. The van der Waals surface area contributed by atoms with E-state index in [-0.39, 0.29) is 23.5 Å². The third-order valence-corrected chi connectivity index (χ3v) is 4.88. The van der Waals surface area contributed by atoms with Crippen LogP contribution in [0.1, 0.15) is 32.6 Å². The molecule has 0 spiro atoms. The van der Waals surface area contributed by atoms with Gasteiger partial charge in [0.25, 0.3) is 0 Å². The largest absolute Gasteiger partial charge is 0.336 e. The van der Waals surface area contributed by atoms with Gasteiger partial charge in [-0.15, -0.1) is 0 Å². The van der Waals surface area contributed by atoms with Crippen LogP contribution in [0.2, 0.25) is 0 Å². The standard InChI is InChI=1S/C10H17NO3S/c1-2-10(12)11(8-3-4-8)9-5-6-15(13,14)7-9/h8-9H,2-7H2,1H3. The Balaban J connectivity index is 2.09. The highest BCUT2D eigenvalue weighted by molar-refractivity contribution is 7.91. The van der Waals surface area contributed by atoms with E-state index in [4.69, 9.17) is 0 Å². The maximum atomic E-state index is 11.7. The summed E-state index contributed by atoms with van der Waals surface area (Å²) in [6.07, 6.45) is 3.20. The Bertz CT molecular complexity index is 359. The van der Waals surface area contributed by atoms with Gasteiger partial charge >= 0.3 is 0 Å². The van der Waals surface area contributed by atoms with Crippen LogP contribution in [0, 0.1) is 0 Å². The van der Waals surface area contributed by atoms with Crippen molar-refractivity contribution in [3.05, 3.63) is 0 Å². The first-order valence-corrected chi connectivity index (χ1v) is 7.37. The van der Waals surface area contributed by atoms with E-state index in [9.17, 15) is 13.2 Å². The molecule has 2 fully saturated rings. The van der Waals surface area contributed by atoms with Gasteiger partial charge in [0, 0.05) is 18.5 Å². The van der Waals surface area contributed by atoms with Crippen molar-refractivity contribution in [2.45, 2.75) is 44.7 Å². The topological polar surface area (TPSA) is 54.5 Å². The molecule has 2 rings (SSSR count). The van der Waals surface area contributed by atoms with E-state index in [1.165, 1.54) is 0 Å². The first-order chi connectivity index (χ1) is 7.03. The third-order valence-electron chi connectivity index (χ3n) is 3.13. The lowest BCUT2D eigenvalue weighted by Crippen LogP contribution is -2.42. The van der Waals surface area contributed by atoms with Crippen molar-refractivity contribution in [3.63, 3.8) is 0 Å².